The highest BCUT2D eigenvalue weighted by atomic mass is 35.5. The van der Waals surface area contributed by atoms with Gasteiger partial charge in [-0.15, -0.1) is 0 Å². The number of nitrogens with one attached hydrogen (secondary N) is 2. The van der Waals surface area contributed by atoms with Gasteiger partial charge in [-0.25, -0.2) is 4.39 Å². The van der Waals surface area contributed by atoms with Gasteiger partial charge in [0.05, 0.1) is 5.56 Å². The number of benzene rings is 3. The summed E-state index contributed by atoms with van der Waals surface area (Å²) >= 11 is 11.5. The van der Waals surface area contributed by atoms with Gasteiger partial charge in [0.25, 0.3) is 5.91 Å². The van der Waals surface area contributed by atoms with E-state index < -0.39 is 11.7 Å². The molecule has 0 spiro atoms. The zero-order valence-corrected chi connectivity index (χ0v) is 19.5. The fraction of sp³-hybridized carbons (Fsp3) is 0.200. The van der Waals surface area contributed by atoms with Crippen LogP contribution in [-0.2, 0) is 6.54 Å². The molecular formula is C25H24ClFN4OS. The maximum absolute atomic E-state index is 13.8. The number of hydrogen-bond donors (Lipinski definition) is 2. The average Bonchev–Trinajstić information content (AvgIpc) is 2.82. The van der Waals surface area contributed by atoms with Gasteiger partial charge in [-0.1, -0.05) is 41.9 Å². The van der Waals surface area contributed by atoms with Gasteiger partial charge in [0.2, 0.25) is 0 Å². The van der Waals surface area contributed by atoms with Crippen molar-refractivity contribution in [3.8, 4) is 0 Å². The molecule has 0 unspecified atom stereocenters. The third-order valence-corrected chi connectivity index (χ3v) is 6.13. The van der Waals surface area contributed by atoms with Crippen molar-refractivity contribution in [3.63, 3.8) is 0 Å². The van der Waals surface area contributed by atoms with E-state index in [0.717, 1.165) is 54.7 Å². The highest BCUT2D eigenvalue weighted by Gasteiger charge is 2.18. The van der Waals surface area contributed by atoms with E-state index in [1.807, 2.05) is 42.5 Å². The molecule has 1 aliphatic rings. The average molecular weight is 483 g/mol. The van der Waals surface area contributed by atoms with E-state index in [4.69, 9.17) is 23.8 Å². The lowest BCUT2D eigenvalue weighted by molar-refractivity contribution is 0.0974. The van der Waals surface area contributed by atoms with E-state index >= 15 is 0 Å². The Morgan fingerprint density at radius 2 is 1.61 bits per heavy atom. The fourth-order valence-electron chi connectivity index (χ4n) is 3.77. The van der Waals surface area contributed by atoms with E-state index in [9.17, 15) is 9.18 Å². The summed E-state index contributed by atoms with van der Waals surface area (Å²) in [4.78, 5) is 16.9. The Hall–Kier alpha value is -3.00. The standard InChI is InChI=1S/C25H24ClFN4OS/c26-22-7-3-1-5-18(22)17-30-13-15-31(16-14-30)20-11-9-19(10-12-20)28-25(33)29-24(32)21-6-2-4-8-23(21)27/h1-12H,13-17H2,(H2,28,29,32,33). The van der Waals surface area contributed by atoms with Crippen LogP contribution in [0.4, 0.5) is 15.8 Å². The maximum Gasteiger partial charge on any atom is 0.260 e. The molecule has 1 fully saturated rings. The quantitative estimate of drug-likeness (QED) is 0.505. The first-order chi connectivity index (χ1) is 16.0. The summed E-state index contributed by atoms with van der Waals surface area (Å²) in [6, 6.07) is 21.6. The Balaban J connectivity index is 1.27. The minimum Gasteiger partial charge on any atom is -0.369 e. The van der Waals surface area contributed by atoms with Gasteiger partial charge < -0.3 is 10.2 Å². The lowest BCUT2D eigenvalue weighted by Crippen LogP contribution is -2.46. The summed E-state index contributed by atoms with van der Waals surface area (Å²) in [5.41, 5.74) is 2.97. The van der Waals surface area contributed by atoms with Crippen LogP contribution in [0.5, 0.6) is 0 Å². The van der Waals surface area contributed by atoms with Gasteiger partial charge in [0.15, 0.2) is 5.11 Å². The van der Waals surface area contributed by atoms with Crippen LogP contribution in [-0.4, -0.2) is 42.1 Å². The Morgan fingerprint density at radius 1 is 0.939 bits per heavy atom. The van der Waals surface area contributed by atoms with Crippen molar-refractivity contribution in [2.75, 3.05) is 36.4 Å². The molecule has 3 aromatic rings. The molecular weight excluding hydrogens is 459 g/mol. The molecule has 3 aromatic carbocycles. The van der Waals surface area contributed by atoms with Crippen LogP contribution in [0.2, 0.25) is 5.02 Å². The number of nitrogens with zero attached hydrogens (tertiary/aromatic N) is 2. The van der Waals surface area contributed by atoms with Gasteiger partial charge in [-0.05, 0) is 60.2 Å². The van der Waals surface area contributed by atoms with Crippen molar-refractivity contribution < 1.29 is 9.18 Å². The van der Waals surface area contributed by atoms with Crippen LogP contribution >= 0.6 is 23.8 Å². The smallest absolute Gasteiger partial charge is 0.260 e. The number of carbonyl (C=O) groups excluding carboxylic acids is 1. The van der Waals surface area contributed by atoms with Crippen molar-refractivity contribution in [1.82, 2.24) is 10.2 Å². The molecule has 1 heterocycles. The van der Waals surface area contributed by atoms with E-state index in [1.165, 1.54) is 18.2 Å². The third kappa shape index (κ3) is 6.07. The molecule has 0 aromatic heterocycles. The molecule has 170 valence electrons. The minimum atomic E-state index is -0.589. The predicted molar refractivity (Wildman–Crippen MR) is 135 cm³/mol. The minimum absolute atomic E-state index is 0.0503. The zero-order valence-electron chi connectivity index (χ0n) is 17.9. The van der Waals surface area contributed by atoms with Gasteiger partial charge >= 0.3 is 0 Å². The summed E-state index contributed by atoms with van der Waals surface area (Å²) in [7, 11) is 0. The summed E-state index contributed by atoms with van der Waals surface area (Å²) in [5.74, 6) is -1.18. The molecule has 8 heteroatoms. The lowest BCUT2D eigenvalue weighted by atomic mass is 10.2. The van der Waals surface area contributed by atoms with Crippen LogP contribution in [0, 0.1) is 5.82 Å². The van der Waals surface area contributed by atoms with E-state index in [-0.39, 0.29) is 10.7 Å². The largest absolute Gasteiger partial charge is 0.369 e. The molecule has 1 saturated heterocycles. The summed E-state index contributed by atoms with van der Waals surface area (Å²) < 4.78 is 13.8. The highest BCUT2D eigenvalue weighted by molar-refractivity contribution is 7.80. The van der Waals surface area contributed by atoms with Crippen LogP contribution in [0.15, 0.2) is 72.8 Å². The highest BCUT2D eigenvalue weighted by Crippen LogP contribution is 2.22. The summed E-state index contributed by atoms with van der Waals surface area (Å²) in [6.07, 6.45) is 0. The monoisotopic (exact) mass is 482 g/mol. The molecule has 4 rings (SSSR count). The summed E-state index contributed by atoms with van der Waals surface area (Å²) in [6.45, 7) is 4.61. The van der Waals surface area contributed by atoms with Crippen molar-refractivity contribution in [2.45, 2.75) is 6.54 Å². The molecule has 0 aliphatic carbocycles. The van der Waals surface area contributed by atoms with Gasteiger partial charge in [-0.2, -0.15) is 0 Å². The van der Waals surface area contributed by atoms with Crippen LogP contribution < -0.4 is 15.5 Å². The zero-order chi connectivity index (χ0) is 23.2. The summed E-state index contributed by atoms with van der Waals surface area (Å²) in [5, 5.41) is 6.40. The first-order valence-corrected chi connectivity index (χ1v) is 11.5. The van der Waals surface area contributed by atoms with E-state index in [0.29, 0.717) is 0 Å². The third-order valence-electron chi connectivity index (χ3n) is 5.56. The van der Waals surface area contributed by atoms with Crippen LogP contribution in [0.3, 0.4) is 0 Å². The number of halogens is 2. The Labute approximate surface area is 203 Å². The number of carbonyl (C=O) groups is 1. The molecule has 0 saturated carbocycles. The predicted octanol–water partition coefficient (Wildman–Crippen LogP) is 4.93. The number of thiocarbonyl (C=S) groups is 1. The number of rotatable bonds is 5. The Morgan fingerprint density at radius 3 is 2.30 bits per heavy atom. The molecule has 33 heavy (non-hydrogen) atoms. The normalized spacial score (nSPS) is 14.1. The lowest BCUT2D eigenvalue weighted by Gasteiger charge is -2.36. The SMILES string of the molecule is O=C(NC(=S)Nc1ccc(N2CCN(Cc3ccccc3Cl)CC2)cc1)c1ccccc1F. The van der Waals surface area contributed by atoms with Crippen molar-refractivity contribution >= 4 is 46.2 Å². The van der Waals surface area contributed by atoms with Gasteiger partial charge in [-0.3, -0.25) is 15.0 Å². The fourth-order valence-corrected chi connectivity index (χ4v) is 4.17. The van der Waals surface area contributed by atoms with Crippen molar-refractivity contribution in [2.24, 2.45) is 0 Å². The van der Waals surface area contributed by atoms with Crippen molar-refractivity contribution in [3.05, 3.63) is 94.8 Å². The molecule has 1 aliphatic heterocycles. The second kappa shape index (κ2) is 10.7. The second-order valence-electron chi connectivity index (χ2n) is 7.79. The number of anilines is 2. The maximum atomic E-state index is 13.8. The number of hydrogen-bond acceptors (Lipinski definition) is 4. The van der Waals surface area contributed by atoms with Gasteiger partial charge in [0.1, 0.15) is 5.82 Å². The van der Waals surface area contributed by atoms with Crippen LogP contribution in [0.25, 0.3) is 0 Å². The topological polar surface area (TPSA) is 47.6 Å². The molecule has 1 amide bonds. The molecule has 0 atom stereocenters. The van der Waals surface area contributed by atoms with Crippen LogP contribution in [0.1, 0.15) is 15.9 Å². The molecule has 0 bridgehead atoms. The Kier molecular flexibility index (Phi) is 7.54. The second-order valence-corrected chi connectivity index (χ2v) is 8.61. The number of piperazine rings is 1. The number of amides is 1. The van der Waals surface area contributed by atoms with E-state index in [2.05, 4.69) is 26.5 Å². The van der Waals surface area contributed by atoms with E-state index in [1.54, 1.807) is 6.07 Å². The first kappa shape index (κ1) is 23.2. The van der Waals surface area contributed by atoms with Gasteiger partial charge in [0, 0.05) is 49.1 Å². The first-order valence-electron chi connectivity index (χ1n) is 10.7. The van der Waals surface area contributed by atoms with Crippen molar-refractivity contribution in [1.29, 1.82) is 0 Å². The molecule has 2 N–H and O–H groups in total. The molecule has 0 radical (unpaired) electrons. The Bertz CT molecular complexity index is 1130. The molecule has 5 nitrogen and oxygen atoms in total.